The lowest BCUT2D eigenvalue weighted by atomic mass is 9.97. The Bertz CT molecular complexity index is 866. The van der Waals surface area contributed by atoms with Gasteiger partial charge in [-0.25, -0.2) is 0 Å². The summed E-state index contributed by atoms with van der Waals surface area (Å²) in [6, 6.07) is -1.31. The molecular formula is C24H36N4O5. The first-order valence-corrected chi connectivity index (χ1v) is 11.8. The van der Waals surface area contributed by atoms with Crippen molar-refractivity contribution >= 4 is 23.6 Å². The fraction of sp³-hybridized carbons (Fsp3) is 0.667. The Morgan fingerprint density at radius 2 is 1.79 bits per heavy atom. The second-order valence-electron chi connectivity index (χ2n) is 9.91. The molecule has 3 heterocycles. The fourth-order valence-electron chi connectivity index (χ4n) is 4.64. The van der Waals surface area contributed by atoms with Crippen LogP contribution in [-0.2, 0) is 25.6 Å². The largest absolute Gasteiger partial charge is 0.472 e. The van der Waals surface area contributed by atoms with Gasteiger partial charge < -0.3 is 24.9 Å². The highest BCUT2D eigenvalue weighted by molar-refractivity contribution is 5.98. The van der Waals surface area contributed by atoms with Crippen molar-refractivity contribution in [3.63, 3.8) is 0 Å². The number of furan rings is 1. The molecule has 1 aromatic heterocycles. The van der Waals surface area contributed by atoms with Crippen LogP contribution in [0.3, 0.4) is 0 Å². The lowest BCUT2D eigenvalue weighted by Crippen LogP contribution is -2.62. The molecule has 0 spiro atoms. The van der Waals surface area contributed by atoms with E-state index < -0.39 is 30.1 Å². The molecule has 0 unspecified atom stereocenters. The van der Waals surface area contributed by atoms with Crippen molar-refractivity contribution in [3.8, 4) is 0 Å². The molecule has 2 aliphatic heterocycles. The van der Waals surface area contributed by atoms with Crippen LogP contribution in [0.1, 0.15) is 52.5 Å². The molecule has 0 bridgehead atoms. The number of nitrogens with zero attached hydrogens (tertiary/aromatic N) is 2. The summed E-state index contributed by atoms with van der Waals surface area (Å²) >= 11 is 0. The Labute approximate surface area is 195 Å². The van der Waals surface area contributed by atoms with E-state index in [1.165, 1.54) is 17.4 Å². The lowest BCUT2D eigenvalue weighted by Gasteiger charge is -2.36. The second kappa shape index (κ2) is 10.4. The molecule has 3 rings (SSSR count). The van der Waals surface area contributed by atoms with Crippen LogP contribution in [-0.4, -0.2) is 71.2 Å². The molecule has 9 heteroatoms. The SMILES string of the molecule is CC(C)C[C@@H]1NC(=O)[C@H](Cc2ccoc2)N(C)C(=O)[C@H](C(C)C)NC(=O)[C@@H]2CCCN2C1=O. The van der Waals surface area contributed by atoms with Gasteiger partial charge in [0.25, 0.3) is 0 Å². The van der Waals surface area contributed by atoms with Crippen LogP contribution in [0.5, 0.6) is 0 Å². The van der Waals surface area contributed by atoms with Crippen LogP contribution in [0, 0.1) is 11.8 Å². The Kier molecular flexibility index (Phi) is 7.81. The van der Waals surface area contributed by atoms with Crippen LogP contribution in [0.2, 0.25) is 0 Å². The van der Waals surface area contributed by atoms with Crippen LogP contribution in [0.4, 0.5) is 0 Å². The van der Waals surface area contributed by atoms with Crippen molar-refractivity contribution in [1.82, 2.24) is 20.4 Å². The minimum absolute atomic E-state index is 0.152. The average molecular weight is 461 g/mol. The molecule has 182 valence electrons. The molecule has 0 aliphatic carbocycles. The predicted octanol–water partition coefficient (Wildman–Crippen LogP) is 1.33. The Balaban J connectivity index is 2.01. The van der Waals surface area contributed by atoms with Gasteiger partial charge in [-0.05, 0) is 42.7 Å². The smallest absolute Gasteiger partial charge is 0.245 e. The molecule has 9 nitrogen and oxygen atoms in total. The highest BCUT2D eigenvalue weighted by Gasteiger charge is 2.42. The molecule has 33 heavy (non-hydrogen) atoms. The van der Waals surface area contributed by atoms with Crippen molar-refractivity contribution < 1.29 is 23.6 Å². The van der Waals surface area contributed by atoms with Gasteiger partial charge in [0, 0.05) is 20.0 Å². The summed E-state index contributed by atoms with van der Waals surface area (Å²) in [6.45, 7) is 8.12. The Morgan fingerprint density at radius 1 is 1.06 bits per heavy atom. The van der Waals surface area contributed by atoms with E-state index in [9.17, 15) is 19.2 Å². The van der Waals surface area contributed by atoms with Gasteiger partial charge in [0.05, 0.1) is 12.5 Å². The molecular weight excluding hydrogens is 424 g/mol. The predicted molar refractivity (Wildman–Crippen MR) is 122 cm³/mol. The fourth-order valence-corrected chi connectivity index (χ4v) is 4.64. The number of fused-ring (bicyclic) bond motifs is 1. The molecule has 1 aromatic rings. The number of hydrogen-bond acceptors (Lipinski definition) is 5. The molecule has 0 saturated carbocycles. The van der Waals surface area contributed by atoms with E-state index in [1.807, 2.05) is 27.7 Å². The van der Waals surface area contributed by atoms with E-state index in [4.69, 9.17) is 4.42 Å². The zero-order valence-corrected chi connectivity index (χ0v) is 20.2. The van der Waals surface area contributed by atoms with Crippen molar-refractivity contribution in [2.24, 2.45) is 11.8 Å². The highest BCUT2D eigenvalue weighted by atomic mass is 16.3. The number of carbonyl (C=O) groups excluding carboxylic acids is 4. The normalized spacial score (nSPS) is 27.4. The molecule has 2 N–H and O–H groups in total. The summed E-state index contributed by atoms with van der Waals surface area (Å²) in [4.78, 5) is 56.6. The summed E-state index contributed by atoms with van der Waals surface area (Å²) < 4.78 is 5.15. The standard InChI is InChI=1S/C24H36N4O5/c1-14(2)11-17-23(31)28-9-6-7-18(28)21(29)26-20(15(3)4)24(32)27(5)19(22(30)25-17)12-16-8-10-33-13-16/h8,10,13-15,17-20H,6-7,9,11-12H2,1-5H3,(H,25,30)(H,26,29)/t17-,18-,19-,20-/m0/s1. The van der Waals surface area contributed by atoms with E-state index in [2.05, 4.69) is 10.6 Å². The molecule has 2 aliphatic rings. The first-order valence-electron chi connectivity index (χ1n) is 11.8. The zero-order chi connectivity index (χ0) is 24.3. The van der Waals surface area contributed by atoms with E-state index in [-0.39, 0.29) is 36.0 Å². The molecule has 0 aromatic carbocycles. The van der Waals surface area contributed by atoms with Crippen molar-refractivity contribution in [2.75, 3.05) is 13.6 Å². The summed E-state index contributed by atoms with van der Waals surface area (Å²) in [5, 5.41) is 5.80. The third-order valence-electron chi connectivity index (χ3n) is 6.52. The molecule has 4 amide bonds. The quantitative estimate of drug-likeness (QED) is 0.688. The van der Waals surface area contributed by atoms with E-state index >= 15 is 0 Å². The Morgan fingerprint density at radius 3 is 2.39 bits per heavy atom. The third kappa shape index (κ3) is 5.57. The van der Waals surface area contributed by atoms with E-state index in [0.29, 0.717) is 25.8 Å². The van der Waals surface area contributed by atoms with Gasteiger partial charge in [-0.1, -0.05) is 27.7 Å². The van der Waals surface area contributed by atoms with Crippen LogP contribution in [0.15, 0.2) is 23.0 Å². The monoisotopic (exact) mass is 460 g/mol. The average Bonchev–Trinajstić information content (AvgIpc) is 3.44. The van der Waals surface area contributed by atoms with Gasteiger partial charge in [0.2, 0.25) is 23.6 Å². The maximum absolute atomic E-state index is 13.5. The minimum Gasteiger partial charge on any atom is -0.472 e. The van der Waals surface area contributed by atoms with Gasteiger partial charge in [-0.15, -0.1) is 0 Å². The van der Waals surface area contributed by atoms with Gasteiger partial charge in [-0.2, -0.15) is 0 Å². The van der Waals surface area contributed by atoms with Crippen molar-refractivity contribution in [3.05, 3.63) is 24.2 Å². The summed E-state index contributed by atoms with van der Waals surface area (Å²) in [5.41, 5.74) is 0.762. The molecule has 2 fully saturated rings. The number of carbonyl (C=O) groups is 4. The van der Waals surface area contributed by atoms with Gasteiger partial charge >= 0.3 is 0 Å². The van der Waals surface area contributed by atoms with Crippen molar-refractivity contribution in [1.29, 1.82) is 0 Å². The summed E-state index contributed by atoms with van der Waals surface area (Å²) in [5.74, 6) is -1.33. The van der Waals surface area contributed by atoms with E-state index in [1.54, 1.807) is 18.0 Å². The zero-order valence-electron chi connectivity index (χ0n) is 20.2. The maximum atomic E-state index is 13.5. The molecule has 2 saturated heterocycles. The van der Waals surface area contributed by atoms with Crippen LogP contribution in [0.25, 0.3) is 0 Å². The number of nitrogens with one attached hydrogen (secondary N) is 2. The highest BCUT2D eigenvalue weighted by Crippen LogP contribution is 2.23. The first-order chi connectivity index (χ1) is 15.6. The van der Waals surface area contributed by atoms with Crippen LogP contribution >= 0.6 is 0 Å². The maximum Gasteiger partial charge on any atom is 0.245 e. The van der Waals surface area contributed by atoms with Crippen molar-refractivity contribution in [2.45, 2.75) is 77.5 Å². The molecule has 0 radical (unpaired) electrons. The summed E-state index contributed by atoms with van der Waals surface area (Å²) in [6.07, 6.45) is 4.97. The number of rotatable bonds is 5. The van der Waals surface area contributed by atoms with Gasteiger partial charge in [0.1, 0.15) is 24.2 Å². The van der Waals surface area contributed by atoms with E-state index in [0.717, 1.165) is 5.56 Å². The number of likely N-dealkylation sites (N-methyl/N-ethyl adjacent to an activating group) is 1. The lowest BCUT2D eigenvalue weighted by molar-refractivity contribution is -0.148. The van der Waals surface area contributed by atoms with Gasteiger partial charge in [-0.3, -0.25) is 19.2 Å². The number of hydrogen-bond donors (Lipinski definition) is 2. The number of amides is 4. The summed E-state index contributed by atoms with van der Waals surface area (Å²) in [7, 11) is 1.57. The van der Waals surface area contributed by atoms with Gasteiger partial charge in [0.15, 0.2) is 0 Å². The topological polar surface area (TPSA) is 112 Å². The molecule has 4 atom stereocenters. The Hall–Kier alpha value is -2.84. The minimum atomic E-state index is -0.857. The first kappa shape index (κ1) is 24.8. The second-order valence-corrected chi connectivity index (χ2v) is 9.91. The third-order valence-corrected chi connectivity index (χ3v) is 6.52. The van der Waals surface area contributed by atoms with Crippen LogP contribution < -0.4 is 10.6 Å².